The fraction of sp³-hybridized carbons (Fsp3) is 0.400. The Hall–Kier alpha value is -3.36. The van der Waals surface area contributed by atoms with Crippen molar-refractivity contribution in [2.45, 2.75) is 52.7 Å². The number of anilines is 2. The molecule has 0 atom stereocenters. The van der Waals surface area contributed by atoms with Crippen molar-refractivity contribution in [2.75, 3.05) is 11.1 Å². The largest absolute Gasteiger partial charge is 0.473 e. The highest BCUT2D eigenvalue weighted by atomic mass is 16.5. The van der Waals surface area contributed by atoms with Gasteiger partial charge in [-0.25, -0.2) is 9.98 Å². The fourth-order valence-corrected chi connectivity index (χ4v) is 2.74. The number of carbonyl (C=O) groups is 1. The van der Waals surface area contributed by atoms with Crippen molar-refractivity contribution in [3.8, 4) is 0 Å². The van der Waals surface area contributed by atoms with Crippen molar-refractivity contribution in [2.24, 2.45) is 4.99 Å². The number of hydrogen-bond donors (Lipinski definition) is 3. The second-order valence-corrected chi connectivity index (χ2v) is 7.18. The molecule has 4 N–H and O–H groups in total. The van der Waals surface area contributed by atoms with Crippen molar-refractivity contribution in [1.82, 2.24) is 19.9 Å². The highest BCUT2D eigenvalue weighted by Crippen LogP contribution is 2.26. The van der Waals surface area contributed by atoms with E-state index < -0.39 is 0 Å². The summed E-state index contributed by atoms with van der Waals surface area (Å²) in [6.45, 7) is 11.1. The van der Waals surface area contributed by atoms with Crippen molar-refractivity contribution in [3.05, 3.63) is 41.1 Å². The number of nitrogen functional groups attached to an aromatic ring is 1. The second-order valence-electron chi connectivity index (χ2n) is 7.18. The van der Waals surface area contributed by atoms with Gasteiger partial charge in [0.05, 0.1) is 12.3 Å². The molecule has 1 fully saturated rings. The molecule has 154 valence electrons. The van der Waals surface area contributed by atoms with E-state index in [2.05, 4.69) is 32.4 Å². The number of allylic oxidation sites excluding steroid dienone is 2. The molecule has 0 radical (unpaired) electrons. The zero-order valence-corrected chi connectivity index (χ0v) is 17.2. The number of fused-ring (bicyclic) bond motifs is 1. The third-order valence-corrected chi connectivity index (χ3v) is 4.39. The number of carbonyl (C=O) groups excluding carboxylic acids is 1. The minimum atomic E-state index is -0.204. The van der Waals surface area contributed by atoms with Gasteiger partial charge in [-0.15, -0.1) is 0 Å². The van der Waals surface area contributed by atoms with Gasteiger partial charge < -0.3 is 21.1 Å². The second kappa shape index (κ2) is 8.34. The summed E-state index contributed by atoms with van der Waals surface area (Å²) in [5.41, 5.74) is 8.30. The number of aromatic nitrogens is 3. The quantitative estimate of drug-likeness (QED) is 0.358. The van der Waals surface area contributed by atoms with E-state index in [1.165, 1.54) is 10.7 Å². The number of amides is 1. The van der Waals surface area contributed by atoms with E-state index in [4.69, 9.17) is 10.5 Å². The van der Waals surface area contributed by atoms with Gasteiger partial charge in [0.2, 0.25) is 5.88 Å². The lowest BCUT2D eigenvalue weighted by molar-refractivity contribution is 0.0952. The van der Waals surface area contributed by atoms with E-state index in [9.17, 15) is 4.79 Å². The van der Waals surface area contributed by atoms with E-state index in [1.54, 1.807) is 0 Å². The highest BCUT2D eigenvalue weighted by Gasteiger charge is 2.26. The monoisotopic (exact) mass is 397 g/mol. The summed E-state index contributed by atoms with van der Waals surface area (Å²) in [6, 6.07) is 0.233. The third kappa shape index (κ3) is 4.39. The Bertz CT molecular complexity index is 1000. The summed E-state index contributed by atoms with van der Waals surface area (Å²) in [5, 5.41) is 10.4. The number of ether oxygens (including phenoxy) is 1. The van der Waals surface area contributed by atoms with Gasteiger partial charge in [0, 0.05) is 11.6 Å². The van der Waals surface area contributed by atoms with Gasteiger partial charge in [-0.3, -0.25) is 4.79 Å². The van der Waals surface area contributed by atoms with Crippen molar-refractivity contribution >= 4 is 29.9 Å². The summed E-state index contributed by atoms with van der Waals surface area (Å²) in [5.74, 6) is 1.02. The van der Waals surface area contributed by atoms with Crippen LogP contribution in [-0.4, -0.2) is 39.4 Å². The molecule has 0 bridgehead atoms. The van der Waals surface area contributed by atoms with Crippen molar-refractivity contribution < 1.29 is 9.53 Å². The molecule has 1 aliphatic carbocycles. The van der Waals surface area contributed by atoms with Gasteiger partial charge in [-0.1, -0.05) is 6.08 Å². The minimum absolute atomic E-state index is 0.0771. The summed E-state index contributed by atoms with van der Waals surface area (Å²) in [7, 11) is 0. The first kappa shape index (κ1) is 20.4. The molecule has 1 aliphatic rings. The molecular formula is C20H27N7O2. The van der Waals surface area contributed by atoms with Crippen LogP contribution in [0.3, 0.4) is 0 Å². The van der Waals surface area contributed by atoms with E-state index in [0.29, 0.717) is 40.0 Å². The van der Waals surface area contributed by atoms with Gasteiger partial charge in [-0.05, 0) is 53.3 Å². The molecule has 2 aromatic rings. The van der Waals surface area contributed by atoms with Crippen LogP contribution < -0.4 is 16.4 Å². The Morgan fingerprint density at radius 3 is 2.79 bits per heavy atom. The highest BCUT2D eigenvalue weighted by molar-refractivity contribution is 6.00. The molecule has 9 nitrogen and oxygen atoms in total. The summed E-state index contributed by atoms with van der Waals surface area (Å²) in [4.78, 5) is 21.2. The van der Waals surface area contributed by atoms with Gasteiger partial charge in [0.25, 0.3) is 5.91 Å². The number of rotatable bonds is 8. The number of nitrogens with one attached hydrogen (secondary N) is 2. The first-order chi connectivity index (χ1) is 13.8. The molecule has 1 saturated carbocycles. The molecule has 0 aliphatic heterocycles. The lowest BCUT2D eigenvalue weighted by Gasteiger charge is -2.16. The Balaban J connectivity index is 2.05. The summed E-state index contributed by atoms with van der Waals surface area (Å²) in [6.07, 6.45) is 7.06. The first-order valence-corrected chi connectivity index (χ1v) is 9.57. The first-order valence-electron chi connectivity index (χ1n) is 9.57. The van der Waals surface area contributed by atoms with Crippen molar-refractivity contribution in [1.29, 1.82) is 0 Å². The SMILES string of the molecule is C=N/C(OC(C)C)=C(\C=C/C)Nc1nc2c(C(=O)NC3CC3)cnn2c(N)c1C. The van der Waals surface area contributed by atoms with E-state index in [-0.39, 0.29) is 18.1 Å². The van der Waals surface area contributed by atoms with E-state index in [0.717, 1.165) is 12.8 Å². The summed E-state index contributed by atoms with van der Waals surface area (Å²) >= 11 is 0. The Labute approximate surface area is 169 Å². The zero-order valence-electron chi connectivity index (χ0n) is 17.2. The van der Waals surface area contributed by atoms with Crippen LogP contribution >= 0.6 is 0 Å². The number of hydrogen-bond acceptors (Lipinski definition) is 7. The Morgan fingerprint density at radius 1 is 1.48 bits per heavy atom. The lowest BCUT2D eigenvalue weighted by Crippen LogP contribution is -2.25. The normalized spacial score (nSPS) is 14.9. The maximum Gasteiger partial charge on any atom is 0.256 e. The van der Waals surface area contributed by atoms with Crippen LogP contribution in [0.2, 0.25) is 0 Å². The zero-order chi connectivity index (χ0) is 21.1. The maximum atomic E-state index is 12.5. The predicted octanol–water partition coefficient (Wildman–Crippen LogP) is 2.79. The molecule has 2 heterocycles. The Kier molecular flexibility index (Phi) is 5.86. The van der Waals surface area contributed by atoms with Crippen LogP contribution in [0.15, 0.2) is 34.9 Å². The topological polar surface area (TPSA) is 119 Å². The maximum absolute atomic E-state index is 12.5. The van der Waals surface area contributed by atoms with Crippen LogP contribution in [0.5, 0.6) is 0 Å². The number of nitrogens with zero attached hydrogens (tertiary/aromatic N) is 4. The molecule has 3 rings (SSSR count). The number of nitrogens with two attached hydrogens (primary N) is 1. The van der Waals surface area contributed by atoms with Crippen LogP contribution in [0.25, 0.3) is 5.65 Å². The lowest BCUT2D eigenvalue weighted by atomic mass is 10.2. The Morgan fingerprint density at radius 2 is 2.21 bits per heavy atom. The molecule has 9 heteroatoms. The standard InChI is InChI=1S/C20H27N7O2/c1-6-7-15(20(22-5)29-11(2)3)25-17-12(4)16(21)27-18(26-17)14(10-23-27)19(28)24-13-8-9-13/h6-7,10-11,13H,5,8-9,21H2,1-4H3,(H,24,28)(H,25,26)/b7-6-,20-15-. The number of aliphatic imine (C=N–C) groups is 1. The molecule has 1 amide bonds. The fourth-order valence-electron chi connectivity index (χ4n) is 2.74. The average molecular weight is 397 g/mol. The van der Waals surface area contributed by atoms with E-state index >= 15 is 0 Å². The third-order valence-electron chi connectivity index (χ3n) is 4.39. The van der Waals surface area contributed by atoms with Crippen molar-refractivity contribution in [3.63, 3.8) is 0 Å². The van der Waals surface area contributed by atoms with Gasteiger partial charge in [-0.2, -0.15) is 9.61 Å². The molecule has 0 saturated heterocycles. The molecule has 0 spiro atoms. The van der Waals surface area contributed by atoms with Gasteiger partial charge in [0.1, 0.15) is 22.9 Å². The molecule has 0 unspecified atom stereocenters. The predicted molar refractivity (Wildman–Crippen MR) is 114 cm³/mol. The van der Waals surface area contributed by atoms with Crippen LogP contribution in [0.1, 0.15) is 49.5 Å². The molecule has 2 aromatic heterocycles. The molecular weight excluding hydrogens is 370 g/mol. The van der Waals surface area contributed by atoms with Crippen LogP contribution in [0.4, 0.5) is 11.6 Å². The molecule has 29 heavy (non-hydrogen) atoms. The van der Waals surface area contributed by atoms with Gasteiger partial charge in [0.15, 0.2) is 5.65 Å². The van der Waals surface area contributed by atoms with E-state index in [1.807, 2.05) is 39.8 Å². The van der Waals surface area contributed by atoms with Crippen LogP contribution in [-0.2, 0) is 4.74 Å². The molecule has 0 aromatic carbocycles. The minimum Gasteiger partial charge on any atom is -0.473 e. The summed E-state index contributed by atoms with van der Waals surface area (Å²) < 4.78 is 7.21. The van der Waals surface area contributed by atoms with Crippen LogP contribution in [0, 0.1) is 6.92 Å². The van der Waals surface area contributed by atoms with Gasteiger partial charge >= 0.3 is 0 Å². The average Bonchev–Trinajstić information content (AvgIpc) is 3.39. The smallest absolute Gasteiger partial charge is 0.256 e.